The third-order valence-electron chi connectivity index (χ3n) is 3.78. The van der Waals surface area contributed by atoms with Gasteiger partial charge in [-0.2, -0.15) is 0 Å². The highest BCUT2D eigenvalue weighted by molar-refractivity contribution is 5.79. The van der Waals surface area contributed by atoms with Gasteiger partial charge in [0.2, 0.25) is 0 Å². The summed E-state index contributed by atoms with van der Waals surface area (Å²) in [6, 6.07) is 6.45. The molecule has 0 atom stereocenters. The molecule has 0 aromatic heterocycles. The van der Waals surface area contributed by atoms with Gasteiger partial charge in [-0.1, -0.05) is 25.5 Å². The maximum atomic E-state index is 10.7. The number of hydrogen-bond acceptors (Lipinski definition) is 5. The molecule has 0 radical (unpaired) electrons. The topological polar surface area (TPSA) is 98.0 Å². The van der Waals surface area contributed by atoms with Gasteiger partial charge in [0.1, 0.15) is 0 Å². The molecule has 2 N–H and O–H groups in total. The first kappa shape index (κ1) is 22.9. The Morgan fingerprint density at radius 2 is 1.70 bits per heavy atom. The van der Waals surface area contributed by atoms with Gasteiger partial charge in [-0.3, -0.25) is 10.1 Å². The lowest BCUT2D eigenvalue weighted by molar-refractivity contribution is -0.384. The largest absolute Gasteiger partial charge is 0.385 e. The highest BCUT2D eigenvalue weighted by atomic mass is 16.6. The summed E-state index contributed by atoms with van der Waals surface area (Å²) in [4.78, 5) is 14.9. The third kappa shape index (κ3) is 11.2. The van der Waals surface area contributed by atoms with Gasteiger partial charge in [-0.25, -0.2) is 4.99 Å². The highest BCUT2D eigenvalue weighted by Gasteiger charge is 2.04. The normalized spacial score (nSPS) is 11.4. The number of guanidine groups is 1. The first-order valence-corrected chi connectivity index (χ1v) is 9.49. The molecule has 8 nitrogen and oxygen atoms in total. The Morgan fingerprint density at radius 3 is 2.30 bits per heavy atom. The molecule has 0 unspecified atom stereocenters. The van der Waals surface area contributed by atoms with E-state index < -0.39 is 4.92 Å². The number of benzene rings is 1. The van der Waals surface area contributed by atoms with Gasteiger partial charge in [-0.15, -0.1) is 0 Å². The Hall–Kier alpha value is -2.19. The number of unbranched alkanes of at least 4 members (excludes halogenated alkanes) is 1. The number of nitro benzene ring substituents is 1. The predicted molar refractivity (Wildman–Crippen MR) is 107 cm³/mol. The number of nitro groups is 1. The molecule has 8 heteroatoms. The van der Waals surface area contributed by atoms with E-state index in [9.17, 15) is 10.1 Å². The fourth-order valence-electron chi connectivity index (χ4n) is 2.22. The van der Waals surface area contributed by atoms with Gasteiger partial charge in [0.25, 0.3) is 5.69 Å². The first-order valence-electron chi connectivity index (χ1n) is 9.49. The molecule has 1 rings (SSSR count). The Labute approximate surface area is 161 Å². The average molecular weight is 380 g/mol. The quantitative estimate of drug-likeness (QED) is 0.169. The first-order chi connectivity index (χ1) is 13.2. The zero-order chi connectivity index (χ0) is 19.7. The number of nitrogens with one attached hydrogen (secondary N) is 2. The molecule has 0 heterocycles. The molecule has 0 bridgehead atoms. The lowest BCUT2D eigenvalue weighted by Gasteiger charge is -2.13. The maximum absolute atomic E-state index is 10.7. The Morgan fingerprint density at radius 1 is 1.07 bits per heavy atom. The monoisotopic (exact) mass is 380 g/mol. The average Bonchev–Trinajstić information content (AvgIpc) is 2.68. The Kier molecular flexibility index (Phi) is 12.6. The molecule has 0 saturated carbocycles. The van der Waals surface area contributed by atoms with Crippen molar-refractivity contribution < 1.29 is 14.4 Å². The lowest BCUT2D eigenvalue weighted by Crippen LogP contribution is -2.39. The van der Waals surface area contributed by atoms with Crippen LogP contribution in [0, 0.1) is 10.1 Å². The second-order valence-electron chi connectivity index (χ2n) is 6.11. The second kappa shape index (κ2) is 14.9. The zero-order valence-electron chi connectivity index (χ0n) is 16.4. The van der Waals surface area contributed by atoms with E-state index in [0.29, 0.717) is 13.2 Å². The van der Waals surface area contributed by atoms with Crippen LogP contribution in [0.5, 0.6) is 0 Å². The molecule has 0 fully saturated rings. The van der Waals surface area contributed by atoms with Crippen LogP contribution in [0.2, 0.25) is 0 Å². The summed E-state index contributed by atoms with van der Waals surface area (Å²) in [6.07, 6.45) is 4.02. The molecular formula is C19H32N4O4. The summed E-state index contributed by atoms with van der Waals surface area (Å²) >= 11 is 0. The second-order valence-corrected chi connectivity index (χ2v) is 6.11. The standard InChI is InChI=1S/C19H32N4O4/c1-3-4-14-27-15-6-12-21-19(20-11-5-13-26-2)22-16-17-7-9-18(10-8-17)23(24)25/h7-10H,3-6,11-16H2,1-2H3,(H2,20,21,22). The number of ether oxygens (including phenoxy) is 2. The van der Waals surface area contributed by atoms with Crippen molar-refractivity contribution in [2.75, 3.05) is 40.0 Å². The van der Waals surface area contributed by atoms with Crippen LogP contribution in [0.25, 0.3) is 0 Å². The van der Waals surface area contributed by atoms with Gasteiger partial charge in [-0.05, 0) is 24.8 Å². The van der Waals surface area contributed by atoms with Crippen molar-refractivity contribution in [3.05, 3.63) is 39.9 Å². The van der Waals surface area contributed by atoms with Crippen molar-refractivity contribution in [2.45, 2.75) is 39.2 Å². The van der Waals surface area contributed by atoms with Crippen molar-refractivity contribution in [1.29, 1.82) is 0 Å². The minimum Gasteiger partial charge on any atom is -0.385 e. The number of aliphatic imine (C=N–C) groups is 1. The summed E-state index contributed by atoms with van der Waals surface area (Å²) < 4.78 is 10.6. The van der Waals surface area contributed by atoms with Crippen molar-refractivity contribution in [3.63, 3.8) is 0 Å². The molecule has 152 valence electrons. The molecule has 1 aromatic rings. The molecule has 1 aromatic carbocycles. The number of rotatable bonds is 14. The number of nitrogens with zero attached hydrogens (tertiary/aromatic N) is 2. The van der Waals surface area contributed by atoms with Crippen LogP contribution >= 0.6 is 0 Å². The summed E-state index contributed by atoms with van der Waals surface area (Å²) in [7, 11) is 1.68. The summed E-state index contributed by atoms with van der Waals surface area (Å²) in [5.74, 6) is 0.720. The van der Waals surface area contributed by atoms with E-state index in [4.69, 9.17) is 9.47 Å². The molecule has 0 saturated heterocycles. The van der Waals surface area contributed by atoms with E-state index in [-0.39, 0.29) is 5.69 Å². The number of non-ortho nitro benzene ring substituents is 1. The van der Waals surface area contributed by atoms with Crippen molar-refractivity contribution in [3.8, 4) is 0 Å². The van der Waals surface area contributed by atoms with Crippen molar-refractivity contribution in [1.82, 2.24) is 10.6 Å². The Balaban J connectivity index is 2.45. The molecule has 0 aliphatic carbocycles. The lowest BCUT2D eigenvalue weighted by atomic mass is 10.2. The summed E-state index contributed by atoms with van der Waals surface area (Å²) in [5.41, 5.74) is 1.00. The van der Waals surface area contributed by atoms with E-state index in [2.05, 4.69) is 22.5 Å². The molecule has 0 amide bonds. The molecule has 0 spiro atoms. The predicted octanol–water partition coefficient (Wildman–Crippen LogP) is 2.87. The summed E-state index contributed by atoms with van der Waals surface area (Å²) in [5, 5.41) is 17.3. The fourth-order valence-corrected chi connectivity index (χ4v) is 2.22. The fraction of sp³-hybridized carbons (Fsp3) is 0.632. The summed E-state index contributed by atoms with van der Waals surface area (Å²) in [6.45, 7) is 6.35. The molecule has 27 heavy (non-hydrogen) atoms. The van der Waals surface area contributed by atoms with E-state index in [1.54, 1.807) is 19.2 Å². The van der Waals surface area contributed by atoms with Crippen LogP contribution in [-0.4, -0.2) is 50.9 Å². The van der Waals surface area contributed by atoms with Gasteiger partial charge in [0.05, 0.1) is 11.5 Å². The minimum absolute atomic E-state index is 0.0850. The van der Waals surface area contributed by atoms with E-state index >= 15 is 0 Å². The van der Waals surface area contributed by atoms with Crippen LogP contribution in [0.15, 0.2) is 29.3 Å². The van der Waals surface area contributed by atoms with Crippen LogP contribution in [-0.2, 0) is 16.0 Å². The Bertz CT molecular complexity index is 549. The zero-order valence-corrected chi connectivity index (χ0v) is 16.4. The van der Waals surface area contributed by atoms with Crippen LogP contribution in [0.3, 0.4) is 0 Å². The number of methoxy groups -OCH3 is 1. The minimum atomic E-state index is -0.403. The van der Waals surface area contributed by atoms with Gasteiger partial charge >= 0.3 is 0 Å². The smallest absolute Gasteiger partial charge is 0.269 e. The van der Waals surface area contributed by atoms with E-state index in [1.165, 1.54) is 12.1 Å². The van der Waals surface area contributed by atoms with E-state index in [0.717, 1.165) is 63.5 Å². The van der Waals surface area contributed by atoms with Crippen LogP contribution in [0.4, 0.5) is 5.69 Å². The number of hydrogen-bond donors (Lipinski definition) is 2. The molecule has 0 aliphatic rings. The maximum Gasteiger partial charge on any atom is 0.269 e. The van der Waals surface area contributed by atoms with Gasteiger partial charge < -0.3 is 20.1 Å². The molecule has 0 aliphatic heterocycles. The highest BCUT2D eigenvalue weighted by Crippen LogP contribution is 2.12. The van der Waals surface area contributed by atoms with Crippen LogP contribution < -0.4 is 10.6 Å². The van der Waals surface area contributed by atoms with Crippen LogP contribution in [0.1, 0.15) is 38.2 Å². The SMILES string of the molecule is CCCCOCCCNC(=NCc1ccc([N+](=O)[O-])cc1)NCCCOC. The van der Waals surface area contributed by atoms with Gasteiger partial charge in [0, 0.05) is 52.2 Å². The molecular weight excluding hydrogens is 348 g/mol. The van der Waals surface area contributed by atoms with E-state index in [1.807, 2.05) is 0 Å². The van der Waals surface area contributed by atoms with Gasteiger partial charge in [0.15, 0.2) is 5.96 Å². The third-order valence-corrected chi connectivity index (χ3v) is 3.78. The van der Waals surface area contributed by atoms with Crippen molar-refractivity contribution >= 4 is 11.6 Å². The van der Waals surface area contributed by atoms with Crippen molar-refractivity contribution in [2.24, 2.45) is 4.99 Å².